The minimum atomic E-state index is -0.845. The van der Waals surface area contributed by atoms with Crippen molar-refractivity contribution in [2.45, 2.75) is 50.6 Å². The summed E-state index contributed by atoms with van der Waals surface area (Å²) in [4.78, 5) is 25.4. The second-order valence-electron chi connectivity index (χ2n) is 9.02. The largest absolute Gasteiger partial charge is 0.381 e. The number of primary amides is 1. The fourth-order valence-electron chi connectivity index (χ4n) is 4.78. The SMILES string of the molecule is NC(=O)[C@H]1CC[C@@H](n2c(Nc3cc(Cl)c(F)cc3F)nc3cnc(NC4CCOCC4)nc32)CC1. The second-order valence-corrected chi connectivity index (χ2v) is 9.43. The molecule has 1 saturated heterocycles. The third-order valence-corrected chi connectivity index (χ3v) is 7.00. The predicted molar refractivity (Wildman–Crippen MR) is 128 cm³/mol. The number of nitrogens with one attached hydrogen (secondary N) is 2. The minimum absolute atomic E-state index is 0.00714. The maximum Gasteiger partial charge on any atom is 0.224 e. The molecule has 5 rings (SSSR count). The van der Waals surface area contributed by atoms with E-state index in [0.717, 1.165) is 18.9 Å². The van der Waals surface area contributed by atoms with E-state index < -0.39 is 11.6 Å². The number of halogens is 3. The summed E-state index contributed by atoms with van der Waals surface area (Å²) >= 11 is 5.89. The van der Waals surface area contributed by atoms with Gasteiger partial charge in [0.25, 0.3) is 0 Å². The molecule has 3 aromatic rings. The summed E-state index contributed by atoms with van der Waals surface area (Å²) < 4.78 is 35.5. The number of carbonyl (C=O) groups is 1. The van der Waals surface area contributed by atoms with Gasteiger partial charge in [-0.1, -0.05) is 11.6 Å². The molecule has 1 aromatic carbocycles. The van der Waals surface area contributed by atoms with Gasteiger partial charge in [-0.15, -0.1) is 0 Å². The van der Waals surface area contributed by atoms with E-state index in [1.54, 1.807) is 6.20 Å². The van der Waals surface area contributed by atoms with Gasteiger partial charge in [-0.2, -0.15) is 4.98 Å². The lowest BCUT2D eigenvalue weighted by molar-refractivity contribution is -0.122. The van der Waals surface area contributed by atoms with Crippen LogP contribution in [0, 0.1) is 17.6 Å². The number of ether oxygens (including phenoxy) is 1. The summed E-state index contributed by atoms with van der Waals surface area (Å²) in [6, 6.07) is 2.06. The molecule has 2 fully saturated rings. The molecule has 1 aliphatic carbocycles. The smallest absolute Gasteiger partial charge is 0.224 e. The molecule has 4 N–H and O–H groups in total. The third kappa shape index (κ3) is 5.01. The number of imidazole rings is 1. The molecule has 2 aromatic heterocycles. The van der Waals surface area contributed by atoms with E-state index in [9.17, 15) is 13.6 Å². The van der Waals surface area contributed by atoms with Crippen molar-refractivity contribution in [3.05, 3.63) is 35.0 Å². The van der Waals surface area contributed by atoms with Gasteiger partial charge in [0.1, 0.15) is 17.2 Å². The molecule has 0 spiro atoms. The predicted octanol–water partition coefficient (Wildman–Crippen LogP) is 4.31. The quantitative estimate of drug-likeness (QED) is 0.427. The zero-order valence-electron chi connectivity index (χ0n) is 18.9. The van der Waals surface area contributed by atoms with Crippen LogP contribution in [0.3, 0.4) is 0 Å². The summed E-state index contributed by atoms with van der Waals surface area (Å²) in [6.07, 6.45) is 5.95. The van der Waals surface area contributed by atoms with Crippen molar-refractivity contribution in [1.29, 1.82) is 0 Å². The fraction of sp³-hybridized carbons (Fsp3) is 0.478. The Bertz CT molecular complexity index is 1240. The van der Waals surface area contributed by atoms with Gasteiger partial charge in [-0.3, -0.25) is 9.36 Å². The van der Waals surface area contributed by atoms with Crippen LogP contribution in [-0.4, -0.2) is 44.7 Å². The van der Waals surface area contributed by atoms with E-state index in [-0.39, 0.29) is 34.6 Å². The van der Waals surface area contributed by atoms with Gasteiger partial charge in [0, 0.05) is 37.3 Å². The molecule has 0 bridgehead atoms. The Morgan fingerprint density at radius 2 is 1.83 bits per heavy atom. The van der Waals surface area contributed by atoms with Crippen molar-refractivity contribution in [3.63, 3.8) is 0 Å². The van der Waals surface area contributed by atoms with Crippen LogP contribution in [0.4, 0.5) is 26.4 Å². The average molecular weight is 506 g/mol. The number of nitrogens with two attached hydrogens (primary N) is 1. The van der Waals surface area contributed by atoms with Gasteiger partial charge in [-0.25, -0.2) is 18.7 Å². The van der Waals surface area contributed by atoms with Crippen LogP contribution >= 0.6 is 11.6 Å². The number of carbonyl (C=O) groups excluding carboxylic acids is 1. The first-order valence-electron chi connectivity index (χ1n) is 11.7. The molecule has 2 aliphatic rings. The zero-order chi connectivity index (χ0) is 24.5. The molecule has 35 heavy (non-hydrogen) atoms. The fourth-order valence-corrected chi connectivity index (χ4v) is 4.94. The molecular weight excluding hydrogens is 480 g/mol. The second kappa shape index (κ2) is 9.90. The number of anilines is 3. The summed E-state index contributed by atoms with van der Waals surface area (Å²) in [5, 5.41) is 6.12. The third-order valence-electron chi connectivity index (χ3n) is 6.71. The van der Waals surface area contributed by atoms with Gasteiger partial charge in [0.15, 0.2) is 5.65 Å². The van der Waals surface area contributed by atoms with Gasteiger partial charge in [0.2, 0.25) is 17.8 Å². The van der Waals surface area contributed by atoms with Crippen molar-refractivity contribution in [1.82, 2.24) is 19.5 Å². The molecule has 1 aliphatic heterocycles. The highest BCUT2D eigenvalue weighted by atomic mass is 35.5. The number of benzene rings is 1. The van der Waals surface area contributed by atoms with Crippen LogP contribution < -0.4 is 16.4 Å². The topological polar surface area (TPSA) is 120 Å². The summed E-state index contributed by atoms with van der Waals surface area (Å²) in [5.74, 6) is -1.31. The van der Waals surface area contributed by atoms with Gasteiger partial charge >= 0.3 is 0 Å². The van der Waals surface area contributed by atoms with Crippen LogP contribution in [0.2, 0.25) is 5.02 Å². The molecule has 0 atom stereocenters. The highest BCUT2D eigenvalue weighted by molar-refractivity contribution is 6.31. The highest BCUT2D eigenvalue weighted by Gasteiger charge is 2.29. The van der Waals surface area contributed by atoms with Crippen LogP contribution in [0.25, 0.3) is 11.2 Å². The standard InChI is InChI=1S/C23H26ClF2N7O2/c24-15-9-18(17(26)10-16(15)25)30-23-31-19-11-28-22(29-13-5-7-35-8-6-13)32-21(19)33(23)14-3-1-12(2-4-14)20(27)34/h9-14H,1-8H2,(H2,27,34)(H,30,31)(H,28,29,32)/t12-,14+. The van der Waals surface area contributed by atoms with Crippen LogP contribution in [-0.2, 0) is 9.53 Å². The first-order chi connectivity index (χ1) is 16.9. The number of hydrogen-bond acceptors (Lipinski definition) is 7. The van der Waals surface area contributed by atoms with Gasteiger partial charge < -0.3 is 21.1 Å². The monoisotopic (exact) mass is 505 g/mol. The Hall–Kier alpha value is -3.05. The van der Waals surface area contributed by atoms with Crippen LogP contribution in [0.1, 0.15) is 44.6 Å². The molecule has 186 valence electrons. The lowest BCUT2D eigenvalue weighted by atomic mass is 9.85. The van der Waals surface area contributed by atoms with Crippen molar-refractivity contribution in [2.75, 3.05) is 23.8 Å². The van der Waals surface area contributed by atoms with E-state index in [1.807, 2.05) is 4.57 Å². The van der Waals surface area contributed by atoms with Crippen molar-refractivity contribution in [3.8, 4) is 0 Å². The molecule has 9 nitrogen and oxygen atoms in total. The number of nitrogens with zero attached hydrogens (tertiary/aromatic N) is 4. The molecule has 0 radical (unpaired) electrons. The number of aromatic nitrogens is 4. The normalized spacial score (nSPS) is 21.2. The molecule has 1 saturated carbocycles. The summed E-state index contributed by atoms with van der Waals surface area (Å²) in [5.41, 5.74) is 6.61. The first-order valence-corrected chi connectivity index (χ1v) is 12.1. The van der Waals surface area contributed by atoms with E-state index in [4.69, 9.17) is 27.1 Å². The Morgan fingerprint density at radius 1 is 1.09 bits per heavy atom. The summed E-state index contributed by atoms with van der Waals surface area (Å²) in [6.45, 7) is 1.36. The Kier molecular flexibility index (Phi) is 6.70. The molecule has 0 unspecified atom stereocenters. The van der Waals surface area contributed by atoms with Gasteiger partial charge in [-0.05, 0) is 44.6 Å². The molecule has 12 heteroatoms. The number of fused-ring (bicyclic) bond motifs is 1. The van der Waals surface area contributed by atoms with Crippen molar-refractivity contribution in [2.24, 2.45) is 11.7 Å². The van der Waals surface area contributed by atoms with Crippen LogP contribution in [0.15, 0.2) is 18.3 Å². The number of amides is 1. The number of rotatable bonds is 6. The van der Waals surface area contributed by atoms with Crippen molar-refractivity contribution >= 4 is 46.3 Å². The molecular formula is C23H26ClF2N7O2. The lowest BCUT2D eigenvalue weighted by Crippen LogP contribution is -2.29. The maximum absolute atomic E-state index is 14.5. The van der Waals surface area contributed by atoms with E-state index in [2.05, 4.69) is 20.6 Å². The van der Waals surface area contributed by atoms with E-state index in [1.165, 1.54) is 6.07 Å². The average Bonchev–Trinajstić information content (AvgIpc) is 3.20. The summed E-state index contributed by atoms with van der Waals surface area (Å²) in [7, 11) is 0. The number of hydrogen-bond donors (Lipinski definition) is 3. The zero-order valence-corrected chi connectivity index (χ0v) is 19.7. The first kappa shape index (κ1) is 23.7. The maximum atomic E-state index is 14.5. The molecule has 3 heterocycles. The van der Waals surface area contributed by atoms with E-state index >= 15 is 0 Å². The molecule has 1 amide bonds. The minimum Gasteiger partial charge on any atom is -0.381 e. The Balaban J connectivity index is 1.51. The van der Waals surface area contributed by atoms with Gasteiger partial charge in [0.05, 0.1) is 16.9 Å². The van der Waals surface area contributed by atoms with Crippen molar-refractivity contribution < 1.29 is 18.3 Å². The Labute approximate surface area is 205 Å². The highest BCUT2D eigenvalue weighted by Crippen LogP contribution is 2.37. The van der Waals surface area contributed by atoms with E-state index in [0.29, 0.717) is 62.0 Å². The lowest BCUT2D eigenvalue weighted by Gasteiger charge is -2.29. The Morgan fingerprint density at radius 3 is 2.54 bits per heavy atom. The van der Waals surface area contributed by atoms with Crippen LogP contribution in [0.5, 0.6) is 0 Å².